The largest absolute Gasteiger partial charge is 0.507 e. The van der Waals surface area contributed by atoms with Gasteiger partial charge in [-0.3, -0.25) is 14.5 Å². The third-order valence-corrected chi connectivity index (χ3v) is 5.61. The van der Waals surface area contributed by atoms with E-state index in [1.165, 1.54) is 16.5 Å². The van der Waals surface area contributed by atoms with Crippen molar-refractivity contribution in [3.05, 3.63) is 70.2 Å². The van der Waals surface area contributed by atoms with Crippen molar-refractivity contribution in [3.8, 4) is 11.5 Å². The molecule has 0 aliphatic carbocycles. The molecule has 2 heterocycles. The third kappa shape index (κ3) is 3.64. The summed E-state index contributed by atoms with van der Waals surface area (Å²) in [6.45, 7) is 4.00. The maximum absolute atomic E-state index is 13.0. The molecule has 1 aromatic heterocycles. The van der Waals surface area contributed by atoms with Crippen LogP contribution in [0.25, 0.3) is 5.76 Å². The topological polar surface area (TPSA) is 113 Å². The highest BCUT2D eigenvalue weighted by atomic mass is 32.1. The Morgan fingerprint density at radius 3 is 2.58 bits per heavy atom. The van der Waals surface area contributed by atoms with Crippen LogP contribution in [-0.4, -0.2) is 38.7 Å². The van der Waals surface area contributed by atoms with Crippen LogP contribution in [0.2, 0.25) is 0 Å². The van der Waals surface area contributed by atoms with E-state index in [9.17, 15) is 19.8 Å². The predicted octanol–water partition coefficient (Wildman–Crippen LogP) is 3.58. The molecule has 1 fully saturated rings. The number of carbonyl (C=O) groups excluding carboxylic acids is 2. The van der Waals surface area contributed by atoms with Gasteiger partial charge in [-0.05, 0) is 31.5 Å². The van der Waals surface area contributed by atoms with Crippen LogP contribution < -0.4 is 9.64 Å². The summed E-state index contributed by atoms with van der Waals surface area (Å²) in [7, 11) is 0. The van der Waals surface area contributed by atoms with E-state index in [0.29, 0.717) is 17.7 Å². The number of phenolic OH excluding ortho intramolecular Hbond substituents is 1. The molecule has 2 aromatic carbocycles. The van der Waals surface area contributed by atoms with Gasteiger partial charge >= 0.3 is 5.91 Å². The maximum atomic E-state index is 13.0. The fourth-order valence-electron chi connectivity index (χ4n) is 3.46. The number of hydrogen-bond acceptors (Lipinski definition) is 8. The van der Waals surface area contributed by atoms with Gasteiger partial charge in [0.1, 0.15) is 11.3 Å². The van der Waals surface area contributed by atoms with E-state index in [2.05, 4.69) is 10.2 Å². The summed E-state index contributed by atoms with van der Waals surface area (Å²) in [5.74, 6) is -1.80. The Bertz CT molecular complexity index is 1170. The van der Waals surface area contributed by atoms with Crippen molar-refractivity contribution in [2.24, 2.45) is 0 Å². The Morgan fingerprint density at radius 2 is 1.94 bits per heavy atom. The number of aliphatic hydroxyl groups is 1. The number of carbonyl (C=O) groups is 2. The highest BCUT2D eigenvalue weighted by molar-refractivity contribution is 7.13. The summed E-state index contributed by atoms with van der Waals surface area (Å²) in [6.07, 6.45) is 0. The monoisotopic (exact) mass is 437 g/mol. The van der Waals surface area contributed by atoms with Crippen LogP contribution in [0.1, 0.15) is 29.7 Å². The molecule has 1 aliphatic rings. The van der Waals surface area contributed by atoms with E-state index in [-0.39, 0.29) is 28.0 Å². The minimum atomic E-state index is -0.964. The lowest BCUT2D eigenvalue weighted by Gasteiger charge is -2.23. The lowest BCUT2D eigenvalue weighted by atomic mass is 9.95. The first-order valence-electron chi connectivity index (χ1n) is 9.52. The number of phenols is 1. The molecule has 0 saturated carbocycles. The SMILES string of the molecule is CCOc1cc(C2C(=C(O)c3ccc(C)cc3)C(=O)C(=O)N2c2nncs2)ccc1O. The number of anilines is 1. The van der Waals surface area contributed by atoms with Crippen LogP contribution in [0.15, 0.2) is 53.5 Å². The fraction of sp³-hybridized carbons (Fsp3) is 0.182. The van der Waals surface area contributed by atoms with Gasteiger partial charge in [0, 0.05) is 5.56 Å². The number of ketones is 1. The van der Waals surface area contributed by atoms with E-state index >= 15 is 0 Å². The molecule has 4 rings (SSSR count). The number of amides is 1. The Labute approximate surface area is 182 Å². The Morgan fingerprint density at radius 1 is 1.19 bits per heavy atom. The van der Waals surface area contributed by atoms with Gasteiger partial charge in [-0.25, -0.2) is 0 Å². The zero-order valence-electron chi connectivity index (χ0n) is 16.8. The molecule has 158 valence electrons. The molecule has 31 heavy (non-hydrogen) atoms. The number of rotatable bonds is 5. The number of hydrogen-bond donors (Lipinski definition) is 2. The Hall–Kier alpha value is -3.72. The first-order chi connectivity index (χ1) is 14.9. The minimum absolute atomic E-state index is 0.0720. The molecule has 0 bridgehead atoms. The van der Waals surface area contributed by atoms with Gasteiger partial charge in [0.2, 0.25) is 5.13 Å². The molecule has 8 nitrogen and oxygen atoms in total. The summed E-state index contributed by atoms with van der Waals surface area (Å²) in [5.41, 5.74) is 3.26. The third-order valence-electron chi connectivity index (χ3n) is 4.92. The first kappa shape index (κ1) is 20.5. The molecule has 1 saturated heterocycles. The van der Waals surface area contributed by atoms with Crippen LogP contribution in [0.5, 0.6) is 11.5 Å². The predicted molar refractivity (Wildman–Crippen MR) is 115 cm³/mol. The second-order valence-electron chi connectivity index (χ2n) is 6.92. The standard InChI is InChI=1S/C22H19N3O5S/c1-3-30-16-10-14(8-9-15(16)26)18-17(19(27)13-6-4-12(2)5-7-13)20(28)21(29)25(18)22-24-23-11-31-22/h4-11,18,26-27H,3H2,1-2H3. The lowest BCUT2D eigenvalue weighted by molar-refractivity contribution is -0.132. The van der Waals surface area contributed by atoms with E-state index < -0.39 is 17.7 Å². The van der Waals surface area contributed by atoms with Gasteiger partial charge in [0.15, 0.2) is 11.5 Å². The van der Waals surface area contributed by atoms with Crippen molar-refractivity contribution in [2.45, 2.75) is 19.9 Å². The number of aromatic hydroxyl groups is 1. The average molecular weight is 437 g/mol. The normalized spacial score (nSPS) is 17.9. The van der Waals surface area contributed by atoms with Gasteiger partial charge < -0.3 is 14.9 Å². The van der Waals surface area contributed by atoms with Crippen molar-refractivity contribution in [2.75, 3.05) is 11.5 Å². The fourth-order valence-corrected chi connectivity index (χ4v) is 4.04. The van der Waals surface area contributed by atoms with E-state index in [1.807, 2.05) is 6.92 Å². The maximum Gasteiger partial charge on any atom is 0.301 e. The van der Waals surface area contributed by atoms with Gasteiger partial charge in [0.05, 0.1) is 18.2 Å². The van der Waals surface area contributed by atoms with Crippen molar-refractivity contribution in [1.29, 1.82) is 0 Å². The molecular formula is C22H19N3O5S. The number of nitrogens with zero attached hydrogens (tertiary/aromatic N) is 3. The number of aromatic nitrogens is 2. The van der Waals surface area contributed by atoms with Crippen molar-refractivity contribution >= 4 is 33.9 Å². The molecule has 9 heteroatoms. The Balaban J connectivity index is 1.94. The van der Waals surface area contributed by atoms with Gasteiger partial charge in [-0.1, -0.05) is 47.2 Å². The van der Waals surface area contributed by atoms with Crippen LogP contribution >= 0.6 is 11.3 Å². The van der Waals surface area contributed by atoms with Crippen molar-refractivity contribution < 1.29 is 24.5 Å². The van der Waals surface area contributed by atoms with E-state index in [0.717, 1.165) is 16.9 Å². The number of aryl methyl sites for hydroxylation is 1. The summed E-state index contributed by atoms with van der Waals surface area (Å²) < 4.78 is 5.47. The number of aliphatic hydroxyl groups excluding tert-OH is 1. The zero-order chi connectivity index (χ0) is 22.1. The summed E-state index contributed by atoms with van der Waals surface area (Å²) in [5, 5.41) is 29.1. The van der Waals surface area contributed by atoms with Crippen molar-refractivity contribution in [1.82, 2.24) is 10.2 Å². The number of benzene rings is 2. The molecular weight excluding hydrogens is 418 g/mol. The van der Waals surface area contributed by atoms with Gasteiger partial charge in [-0.15, -0.1) is 10.2 Å². The smallest absolute Gasteiger partial charge is 0.301 e. The molecule has 0 radical (unpaired) electrons. The molecule has 1 atom stereocenters. The number of Topliss-reactive ketones (excluding diaryl/α,β-unsaturated/α-hetero) is 1. The van der Waals surface area contributed by atoms with E-state index in [1.54, 1.807) is 43.3 Å². The van der Waals surface area contributed by atoms with Crippen LogP contribution in [0.3, 0.4) is 0 Å². The van der Waals surface area contributed by atoms with Crippen LogP contribution in [0, 0.1) is 6.92 Å². The quantitative estimate of drug-likeness (QED) is 0.356. The first-order valence-corrected chi connectivity index (χ1v) is 10.4. The molecule has 0 spiro atoms. The summed E-state index contributed by atoms with van der Waals surface area (Å²) in [4.78, 5) is 27.2. The van der Waals surface area contributed by atoms with Crippen molar-refractivity contribution in [3.63, 3.8) is 0 Å². The van der Waals surface area contributed by atoms with Crippen LogP contribution in [0.4, 0.5) is 5.13 Å². The molecule has 1 unspecified atom stereocenters. The molecule has 2 N–H and O–H groups in total. The van der Waals surface area contributed by atoms with E-state index in [4.69, 9.17) is 4.74 Å². The average Bonchev–Trinajstić information content (AvgIpc) is 3.37. The lowest BCUT2D eigenvalue weighted by Crippen LogP contribution is -2.29. The summed E-state index contributed by atoms with van der Waals surface area (Å²) >= 11 is 1.10. The molecule has 1 aliphatic heterocycles. The molecule has 3 aromatic rings. The second-order valence-corrected chi connectivity index (χ2v) is 7.73. The Kier molecular flexibility index (Phi) is 5.43. The number of ether oxygens (including phenoxy) is 1. The molecule has 1 amide bonds. The van der Waals surface area contributed by atoms with Gasteiger partial charge in [0.25, 0.3) is 5.78 Å². The minimum Gasteiger partial charge on any atom is -0.507 e. The van der Waals surface area contributed by atoms with Crippen LogP contribution in [-0.2, 0) is 9.59 Å². The summed E-state index contributed by atoms with van der Waals surface area (Å²) in [6, 6.07) is 10.6. The highest BCUT2D eigenvalue weighted by Gasteiger charge is 2.48. The van der Waals surface area contributed by atoms with Gasteiger partial charge in [-0.2, -0.15) is 0 Å². The zero-order valence-corrected chi connectivity index (χ0v) is 17.6. The highest BCUT2D eigenvalue weighted by Crippen LogP contribution is 2.44. The second kappa shape index (κ2) is 8.19.